The van der Waals surface area contributed by atoms with Gasteiger partial charge >= 0.3 is 0 Å². The van der Waals surface area contributed by atoms with Crippen molar-refractivity contribution in [2.75, 3.05) is 25.6 Å². The highest BCUT2D eigenvalue weighted by molar-refractivity contribution is 7.91. The smallest absolute Gasteiger partial charge is 0.236 e. The molecule has 5 nitrogen and oxygen atoms in total. The standard InChI is InChI=1S/C9H18N2O3S/c1-4-9(12)11(10(2)3)8-5-6-15(13,14)7-8/h8H,4-7H2,1-3H3/t8-/m1/s1. The van der Waals surface area contributed by atoms with Crippen LogP contribution in [0.4, 0.5) is 0 Å². The average molecular weight is 234 g/mol. The fourth-order valence-electron chi connectivity index (χ4n) is 1.88. The van der Waals surface area contributed by atoms with Crippen LogP contribution in [0.15, 0.2) is 0 Å². The SMILES string of the molecule is CCC(=O)N([C@@H]1CCS(=O)(=O)C1)N(C)C. The van der Waals surface area contributed by atoms with Gasteiger partial charge in [0.25, 0.3) is 0 Å². The van der Waals surface area contributed by atoms with Gasteiger partial charge in [-0.05, 0) is 6.42 Å². The molecule has 0 unspecified atom stereocenters. The van der Waals surface area contributed by atoms with Gasteiger partial charge < -0.3 is 0 Å². The minimum atomic E-state index is -2.94. The third-order valence-corrected chi connectivity index (χ3v) is 4.29. The van der Waals surface area contributed by atoms with Gasteiger partial charge in [0.2, 0.25) is 5.91 Å². The Morgan fingerprint density at radius 1 is 1.40 bits per heavy atom. The van der Waals surface area contributed by atoms with Gasteiger partial charge in [0.1, 0.15) is 0 Å². The molecule has 1 amide bonds. The van der Waals surface area contributed by atoms with Gasteiger partial charge in [0, 0.05) is 20.5 Å². The largest absolute Gasteiger partial charge is 0.273 e. The lowest BCUT2D eigenvalue weighted by Gasteiger charge is -2.33. The van der Waals surface area contributed by atoms with Crippen molar-refractivity contribution < 1.29 is 13.2 Å². The lowest BCUT2D eigenvalue weighted by molar-refractivity contribution is -0.148. The summed E-state index contributed by atoms with van der Waals surface area (Å²) >= 11 is 0. The summed E-state index contributed by atoms with van der Waals surface area (Å²) in [5.41, 5.74) is 0. The number of sulfone groups is 1. The molecule has 15 heavy (non-hydrogen) atoms. The maximum absolute atomic E-state index is 11.6. The van der Waals surface area contributed by atoms with Crippen molar-refractivity contribution in [2.24, 2.45) is 0 Å². The maximum atomic E-state index is 11.6. The van der Waals surface area contributed by atoms with E-state index in [4.69, 9.17) is 0 Å². The molecule has 0 aliphatic carbocycles. The van der Waals surface area contributed by atoms with Crippen LogP contribution in [0.5, 0.6) is 0 Å². The van der Waals surface area contributed by atoms with E-state index in [0.717, 1.165) is 0 Å². The molecule has 0 radical (unpaired) electrons. The monoisotopic (exact) mass is 234 g/mol. The third kappa shape index (κ3) is 2.92. The van der Waals surface area contributed by atoms with Crippen LogP contribution >= 0.6 is 0 Å². The molecule has 1 fully saturated rings. The molecule has 1 rings (SSSR count). The number of carbonyl (C=O) groups is 1. The molecule has 6 heteroatoms. The highest BCUT2D eigenvalue weighted by atomic mass is 32.2. The second-order valence-corrected chi connectivity index (χ2v) is 6.22. The number of nitrogens with zero attached hydrogens (tertiary/aromatic N) is 2. The van der Waals surface area contributed by atoms with Gasteiger partial charge in [0.15, 0.2) is 9.84 Å². The van der Waals surface area contributed by atoms with Crippen LogP contribution in [-0.4, -0.2) is 56.0 Å². The van der Waals surface area contributed by atoms with Crippen LogP contribution < -0.4 is 0 Å². The summed E-state index contributed by atoms with van der Waals surface area (Å²) in [5.74, 6) is 0.262. The zero-order valence-electron chi connectivity index (χ0n) is 9.43. The average Bonchev–Trinajstić information content (AvgIpc) is 2.45. The number of hydrogen-bond donors (Lipinski definition) is 0. The fraction of sp³-hybridized carbons (Fsp3) is 0.889. The summed E-state index contributed by atoms with van der Waals surface area (Å²) in [6.45, 7) is 1.78. The molecule has 0 aromatic rings. The zero-order chi connectivity index (χ0) is 11.6. The van der Waals surface area contributed by atoms with Gasteiger partial charge in [-0.25, -0.2) is 13.4 Å². The Balaban J connectivity index is 2.79. The molecule has 0 saturated carbocycles. The van der Waals surface area contributed by atoms with Crippen molar-refractivity contribution >= 4 is 15.7 Å². The predicted molar refractivity (Wildman–Crippen MR) is 57.9 cm³/mol. The van der Waals surface area contributed by atoms with Gasteiger partial charge in [0.05, 0.1) is 17.5 Å². The number of amides is 1. The maximum Gasteiger partial charge on any atom is 0.236 e. The van der Waals surface area contributed by atoms with Gasteiger partial charge in [-0.2, -0.15) is 0 Å². The number of hydrogen-bond acceptors (Lipinski definition) is 4. The Kier molecular flexibility index (Phi) is 3.72. The van der Waals surface area contributed by atoms with Crippen LogP contribution in [0.2, 0.25) is 0 Å². The molecule has 1 saturated heterocycles. The van der Waals surface area contributed by atoms with E-state index < -0.39 is 9.84 Å². The molecular formula is C9H18N2O3S. The number of hydrazine groups is 1. The van der Waals surface area contributed by atoms with E-state index in [0.29, 0.717) is 12.8 Å². The Hall–Kier alpha value is -0.620. The molecule has 0 spiro atoms. The summed E-state index contributed by atoms with van der Waals surface area (Å²) in [7, 11) is 0.589. The van der Waals surface area contributed by atoms with E-state index in [2.05, 4.69) is 0 Å². The van der Waals surface area contributed by atoms with E-state index in [1.54, 1.807) is 31.0 Å². The van der Waals surface area contributed by atoms with Crippen LogP contribution in [0.25, 0.3) is 0 Å². The minimum absolute atomic E-state index is 0.0258. The fourth-order valence-corrected chi connectivity index (χ4v) is 3.58. The van der Waals surface area contributed by atoms with E-state index in [1.807, 2.05) is 0 Å². The summed E-state index contributed by atoms with van der Waals surface area (Å²) in [6, 6.07) is -0.183. The molecule has 1 atom stereocenters. The lowest BCUT2D eigenvalue weighted by atomic mass is 10.2. The third-order valence-electron chi connectivity index (χ3n) is 2.54. The van der Waals surface area contributed by atoms with E-state index in [-0.39, 0.29) is 23.5 Å². The molecule has 0 bridgehead atoms. The van der Waals surface area contributed by atoms with Gasteiger partial charge in [-0.15, -0.1) is 0 Å². The van der Waals surface area contributed by atoms with Gasteiger partial charge in [-0.1, -0.05) is 6.92 Å². The van der Waals surface area contributed by atoms with Crippen LogP contribution in [0.3, 0.4) is 0 Å². The molecule has 1 heterocycles. The van der Waals surface area contributed by atoms with Crippen molar-refractivity contribution in [3.05, 3.63) is 0 Å². The number of carbonyl (C=O) groups excluding carboxylic acids is 1. The molecule has 1 aliphatic heterocycles. The second kappa shape index (κ2) is 4.49. The van der Waals surface area contributed by atoms with Gasteiger partial charge in [-0.3, -0.25) is 9.80 Å². The van der Waals surface area contributed by atoms with Crippen LogP contribution in [-0.2, 0) is 14.6 Å². The highest BCUT2D eigenvalue weighted by Gasteiger charge is 2.35. The first-order valence-corrected chi connectivity index (χ1v) is 6.89. The van der Waals surface area contributed by atoms with Crippen molar-refractivity contribution in [3.8, 4) is 0 Å². The van der Waals surface area contributed by atoms with E-state index >= 15 is 0 Å². The molecule has 0 aromatic carbocycles. The second-order valence-electron chi connectivity index (χ2n) is 4.00. The topological polar surface area (TPSA) is 57.7 Å². The summed E-state index contributed by atoms with van der Waals surface area (Å²) in [4.78, 5) is 11.6. The van der Waals surface area contributed by atoms with E-state index in [9.17, 15) is 13.2 Å². The quantitative estimate of drug-likeness (QED) is 0.639. The first-order valence-electron chi connectivity index (χ1n) is 5.07. The highest BCUT2D eigenvalue weighted by Crippen LogP contribution is 2.19. The molecular weight excluding hydrogens is 216 g/mol. The first kappa shape index (κ1) is 12.4. The Bertz CT molecular complexity index is 337. The van der Waals surface area contributed by atoms with Crippen molar-refractivity contribution in [3.63, 3.8) is 0 Å². The summed E-state index contributed by atoms with van der Waals surface area (Å²) in [6.07, 6.45) is 0.945. The lowest BCUT2D eigenvalue weighted by Crippen LogP contribution is -2.49. The Morgan fingerprint density at radius 2 is 2.00 bits per heavy atom. The Morgan fingerprint density at radius 3 is 2.33 bits per heavy atom. The summed E-state index contributed by atoms with van der Waals surface area (Å²) in [5, 5.41) is 3.24. The molecule has 0 N–H and O–H groups in total. The summed E-state index contributed by atoms with van der Waals surface area (Å²) < 4.78 is 22.6. The van der Waals surface area contributed by atoms with Crippen molar-refractivity contribution in [1.82, 2.24) is 10.0 Å². The predicted octanol–water partition coefficient (Wildman–Crippen LogP) is -0.111. The minimum Gasteiger partial charge on any atom is -0.273 e. The Labute approximate surface area is 90.9 Å². The van der Waals surface area contributed by atoms with Crippen molar-refractivity contribution in [2.45, 2.75) is 25.8 Å². The van der Waals surface area contributed by atoms with Crippen molar-refractivity contribution in [1.29, 1.82) is 0 Å². The van der Waals surface area contributed by atoms with Crippen LogP contribution in [0.1, 0.15) is 19.8 Å². The molecule has 1 aliphatic rings. The van der Waals surface area contributed by atoms with E-state index in [1.165, 1.54) is 0 Å². The molecule has 88 valence electrons. The normalized spacial score (nSPS) is 24.4. The van der Waals surface area contributed by atoms with Crippen LogP contribution in [0, 0.1) is 0 Å². The zero-order valence-corrected chi connectivity index (χ0v) is 10.2. The molecule has 0 aromatic heterocycles. The first-order chi connectivity index (χ1) is 6.87. The number of rotatable bonds is 3.